The molecule has 4 rings (SSSR count). The Hall–Kier alpha value is -3.19. The summed E-state index contributed by atoms with van der Waals surface area (Å²) in [6.45, 7) is 0. The largest absolute Gasteiger partial charge is 0.496 e. The minimum absolute atomic E-state index is 0.672. The van der Waals surface area contributed by atoms with E-state index in [2.05, 4.69) is 15.2 Å². The molecule has 2 aliphatic rings. The normalized spacial score (nSPS) is 10.8. The van der Waals surface area contributed by atoms with Gasteiger partial charge in [0.2, 0.25) is 0 Å². The van der Waals surface area contributed by atoms with E-state index >= 15 is 0 Å². The summed E-state index contributed by atoms with van der Waals surface area (Å²) < 4.78 is 16.1. The second kappa shape index (κ2) is 7.20. The maximum Gasteiger partial charge on any atom is 0.167 e. The first kappa shape index (κ1) is 17.2. The van der Waals surface area contributed by atoms with Crippen molar-refractivity contribution in [3.8, 4) is 49.6 Å². The number of para-hydroxylation sites is 1. The van der Waals surface area contributed by atoms with Gasteiger partial charge in [0.1, 0.15) is 17.1 Å². The van der Waals surface area contributed by atoms with E-state index in [1.807, 2.05) is 48.7 Å². The van der Waals surface area contributed by atoms with Gasteiger partial charge in [-0.15, -0.1) is 21.5 Å². The van der Waals surface area contributed by atoms with Crippen molar-refractivity contribution in [2.24, 2.45) is 0 Å². The maximum atomic E-state index is 5.44. The lowest BCUT2D eigenvalue weighted by Gasteiger charge is -2.10. The zero-order valence-electron chi connectivity index (χ0n) is 15.1. The van der Waals surface area contributed by atoms with Gasteiger partial charge in [-0.25, -0.2) is 4.98 Å². The van der Waals surface area contributed by atoms with E-state index in [1.54, 1.807) is 21.3 Å². The van der Waals surface area contributed by atoms with Gasteiger partial charge in [-0.1, -0.05) is 12.1 Å². The Morgan fingerprint density at radius 2 is 1.56 bits per heavy atom. The van der Waals surface area contributed by atoms with Crippen molar-refractivity contribution < 1.29 is 14.2 Å². The summed E-state index contributed by atoms with van der Waals surface area (Å²) in [6, 6.07) is 13.5. The Balaban J connectivity index is 1.78. The van der Waals surface area contributed by atoms with Crippen LogP contribution in [-0.4, -0.2) is 36.5 Å². The van der Waals surface area contributed by atoms with Crippen molar-refractivity contribution in [3.63, 3.8) is 0 Å². The Bertz CT molecular complexity index is 1060. The average Bonchev–Trinajstić information content (AvgIpc) is 3.16. The molecule has 0 aromatic heterocycles. The minimum atomic E-state index is 0.672. The first-order valence-electron chi connectivity index (χ1n) is 8.23. The predicted octanol–water partition coefficient (Wildman–Crippen LogP) is 4.40. The third-order valence-corrected chi connectivity index (χ3v) is 5.24. The Morgan fingerprint density at radius 3 is 2.33 bits per heavy atom. The van der Waals surface area contributed by atoms with Gasteiger partial charge in [0.05, 0.1) is 26.2 Å². The molecule has 0 radical (unpaired) electrons. The molecule has 0 aliphatic carbocycles. The van der Waals surface area contributed by atoms with E-state index < -0.39 is 0 Å². The van der Waals surface area contributed by atoms with E-state index in [9.17, 15) is 0 Å². The lowest BCUT2D eigenvalue weighted by molar-refractivity contribution is 0.355. The SMILES string of the molecule is COc1ccc(-c2cnc3c(-c4ccccc4OC)nnc-3s2)cc1OC. The molecule has 0 fully saturated rings. The molecule has 2 heterocycles. The number of hydrogen-bond acceptors (Lipinski definition) is 7. The van der Waals surface area contributed by atoms with Crippen LogP contribution in [0, 0.1) is 0 Å². The molecule has 0 spiro atoms. The fourth-order valence-electron chi connectivity index (χ4n) is 2.87. The molecule has 2 aromatic carbocycles. The van der Waals surface area contributed by atoms with Crippen molar-refractivity contribution in [2.45, 2.75) is 0 Å². The maximum absolute atomic E-state index is 5.44. The lowest BCUT2D eigenvalue weighted by Crippen LogP contribution is -1.91. The number of benzene rings is 2. The lowest BCUT2D eigenvalue weighted by atomic mass is 10.1. The van der Waals surface area contributed by atoms with Crippen molar-refractivity contribution >= 4 is 11.3 Å². The van der Waals surface area contributed by atoms with E-state index in [1.165, 1.54) is 11.3 Å². The van der Waals surface area contributed by atoms with Crippen molar-refractivity contribution in [3.05, 3.63) is 48.7 Å². The summed E-state index contributed by atoms with van der Waals surface area (Å²) in [6.07, 6.45) is 1.83. The third kappa shape index (κ3) is 3.06. The monoisotopic (exact) mass is 379 g/mol. The second-order valence-electron chi connectivity index (χ2n) is 5.70. The molecule has 136 valence electrons. The van der Waals surface area contributed by atoms with Crippen LogP contribution in [0.1, 0.15) is 0 Å². The molecule has 0 saturated heterocycles. The Morgan fingerprint density at radius 1 is 0.778 bits per heavy atom. The van der Waals surface area contributed by atoms with Crippen LogP contribution in [0.3, 0.4) is 0 Å². The Kier molecular flexibility index (Phi) is 4.60. The van der Waals surface area contributed by atoms with Crippen molar-refractivity contribution in [2.75, 3.05) is 21.3 Å². The van der Waals surface area contributed by atoms with Gasteiger partial charge in [0.25, 0.3) is 0 Å². The molecule has 2 aromatic rings. The van der Waals surface area contributed by atoms with Gasteiger partial charge < -0.3 is 14.2 Å². The topological polar surface area (TPSA) is 66.4 Å². The Labute approximate surface area is 160 Å². The number of methoxy groups -OCH3 is 3. The molecule has 0 atom stereocenters. The van der Waals surface area contributed by atoms with E-state index in [-0.39, 0.29) is 0 Å². The van der Waals surface area contributed by atoms with Crippen molar-refractivity contribution in [1.29, 1.82) is 0 Å². The third-order valence-electron chi connectivity index (χ3n) is 4.22. The minimum Gasteiger partial charge on any atom is -0.496 e. The van der Waals surface area contributed by atoms with Crippen LogP contribution in [0.4, 0.5) is 0 Å². The molecule has 0 saturated carbocycles. The highest BCUT2D eigenvalue weighted by Gasteiger charge is 2.21. The molecule has 0 amide bonds. The average molecular weight is 379 g/mol. The predicted molar refractivity (Wildman–Crippen MR) is 105 cm³/mol. The van der Waals surface area contributed by atoms with E-state index in [4.69, 9.17) is 14.2 Å². The smallest absolute Gasteiger partial charge is 0.167 e. The van der Waals surface area contributed by atoms with E-state index in [0.29, 0.717) is 11.5 Å². The summed E-state index contributed by atoms with van der Waals surface area (Å²) >= 11 is 1.53. The second-order valence-corrected chi connectivity index (χ2v) is 6.73. The summed E-state index contributed by atoms with van der Waals surface area (Å²) in [7, 11) is 4.88. The summed E-state index contributed by atoms with van der Waals surface area (Å²) in [5.74, 6) is 2.10. The molecular formula is C20H17N3O3S. The number of fused-ring (bicyclic) bond motifs is 1. The highest BCUT2D eigenvalue weighted by Crippen LogP contribution is 2.40. The van der Waals surface area contributed by atoms with Crippen LogP contribution in [0.5, 0.6) is 17.2 Å². The van der Waals surface area contributed by atoms with Gasteiger partial charge in [0, 0.05) is 11.8 Å². The molecule has 2 aliphatic heterocycles. The summed E-state index contributed by atoms with van der Waals surface area (Å²) in [5, 5.41) is 9.44. The van der Waals surface area contributed by atoms with Crippen LogP contribution >= 0.6 is 11.3 Å². The zero-order chi connectivity index (χ0) is 18.8. The molecule has 27 heavy (non-hydrogen) atoms. The highest BCUT2D eigenvalue weighted by atomic mass is 32.1. The van der Waals surface area contributed by atoms with Crippen molar-refractivity contribution in [1.82, 2.24) is 15.2 Å². The van der Waals surface area contributed by atoms with Crippen LogP contribution in [0.15, 0.2) is 48.7 Å². The molecule has 6 nitrogen and oxygen atoms in total. The molecule has 7 heteroatoms. The molecule has 0 bridgehead atoms. The van der Waals surface area contributed by atoms with Gasteiger partial charge in [0.15, 0.2) is 16.5 Å². The van der Waals surface area contributed by atoms with Gasteiger partial charge >= 0.3 is 0 Å². The summed E-state index contributed by atoms with van der Waals surface area (Å²) in [4.78, 5) is 5.59. The fourth-order valence-corrected chi connectivity index (χ4v) is 3.76. The van der Waals surface area contributed by atoms with Crippen LogP contribution in [0.2, 0.25) is 0 Å². The van der Waals surface area contributed by atoms with Gasteiger partial charge in [-0.2, -0.15) is 0 Å². The number of aromatic nitrogens is 3. The zero-order valence-corrected chi connectivity index (χ0v) is 15.9. The standard InChI is InChI=1S/C20H17N3O3S/c1-24-14-7-5-4-6-13(14)18-19-20(23-22-18)27-17(11-21-19)12-8-9-15(25-2)16(10-12)26-3/h4-11H,1-3H3. The molecule has 0 N–H and O–H groups in total. The quantitative estimate of drug-likeness (QED) is 0.512. The first-order valence-corrected chi connectivity index (χ1v) is 9.04. The van der Waals surface area contributed by atoms with Crippen LogP contribution < -0.4 is 14.2 Å². The molecular weight excluding hydrogens is 362 g/mol. The number of rotatable bonds is 5. The van der Waals surface area contributed by atoms with Crippen LogP contribution in [-0.2, 0) is 0 Å². The van der Waals surface area contributed by atoms with Gasteiger partial charge in [-0.3, -0.25) is 0 Å². The molecule has 0 unspecified atom stereocenters. The fraction of sp³-hybridized carbons (Fsp3) is 0.150. The van der Waals surface area contributed by atoms with Gasteiger partial charge in [-0.05, 0) is 35.9 Å². The highest BCUT2D eigenvalue weighted by molar-refractivity contribution is 7.18. The van der Waals surface area contributed by atoms with E-state index in [0.717, 1.165) is 38.1 Å². The number of nitrogens with zero attached hydrogens (tertiary/aromatic N) is 3. The number of ether oxygens (including phenoxy) is 3. The summed E-state index contributed by atoms with van der Waals surface area (Å²) in [5.41, 5.74) is 3.33. The number of hydrogen-bond donors (Lipinski definition) is 0. The first-order chi connectivity index (χ1) is 13.2. The van der Waals surface area contributed by atoms with Crippen LogP contribution in [0.25, 0.3) is 32.4 Å².